The zero-order valence-corrected chi connectivity index (χ0v) is 18.4. The highest BCUT2D eigenvalue weighted by Crippen LogP contribution is 2.17. The Hall–Kier alpha value is -3.41. The Morgan fingerprint density at radius 2 is 1.87 bits per heavy atom. The Balaban J connectivity index is 1.71. The predicted molar refractivity (Wildman–Crippen MR) is 120 cm³/mol. The highest BCUT2D eigenvalue weighted by Gasteiger charge is 2.21. The SMILES string of the molecule is CCC(NC(=O)c1c(C)cc(CCc2ccc(OC)cc2)oc1=O)c1ccc(C)cn1. The minimum absolute atomic E-state index is 0.0405. The van der Waals surface area contributed by atoms with Gasteiger partial charge in [0, 0.05) is 12.6 Å². The first-order valence-corrected chi connectivity index (χ1v) is 10.4. The first-order valence-electron chi connectivity index (χ1n) is 10.4. The van der Waals surface area contributed by atoms with Crippen LogP contribution in [-0.4, -0.2) is 18.0 Å². The van der Waals surface area contributed by atoms with Crippen LogP contribution in [0.5, 0.6) is 5.75 Å². The van der Waals surface area contributed by atoms with Crippen molar-refractivity contribution in [1.29, 1.82) is 0 Å². The van der Waals surface area contributed by atoms with Crippen molar-refractivity contribution in [3.63, 3.8) is 0 Å². The van der Waals surface area contributed by atoms with Crippen LogP contribution < -0.4 is 15.7 Å². The maximum Gasteiger partial charge on any atom is 0.349 e. The molecule has 31 heavy (non-hydrogen) atoms. The number of rotatable bonds is 8. The van der Waals surface area contributed by atoms with E-state index < -0.39 is 11.5 Å². The first kappa shape index (κ1) is 22.3. The molecule has 1 N–H and O–H groups in total. The Morgan fingerprint density at radius 1 is 1.13 bits per heavy atom. The molecule has 1 amide bonds. The largest absolute Gasteiger partial charge is 0.497 e. The molecule has 2 aromatic heterocycles. The molecule has 0 radical (unpaired) electrons. The molecule has 2 heterocycles. The van der Waals surface area contributed by atoms with Crippen LogP contribution in [0.4, 0.5) is 0 Å². The van der Waals surface area contributed by atoms with Gasteiger partial charge in [0.05, 0.1) is 18.8 Å². The summed E-state index contributed by atoms with van der Waals surface area (Å²) in [4.78, 5) is 29.8. The van der Waals surface area contributed by atoms with E-state index in [9.17, 15) is 9.59 Å². The number of pyridine rings is 1. The van der Waals surface area contributed by atoms with Gasteiger partial charge in [-0.25, -0.2) is 4.79 Å². The maximum absolute atomic E-state index is 12.8. The second-order valence-corrected chi connectivity index (χ2v) is 7.60. The molecular weight excluding hydrogens is 392 g/mol. The quantitative estimate of drug-likeness (QED) is 0.587. The van der Waals surface area contributed by atoms with Crippen LogP contribution in [0.15, 0.2) is 57.9 Å². The van der Waals surface area contributed by atoms with Crippen LogP contribution in [-0.2, 0) is 12.8 Å². The highest BCUT2D eigenvalue weighted by molar-refractivity contribution is 5.95. The lowest BCUT2D eigenvalue weighted by Gasteiger charge is -2.17. The number of nitrogens with one attached hydrogen (secondary N) is 1. The van der Waals surface area contributed by atoms with Gasteiger partial charge in [0.1, 0.15) is 17.1 Å². The van der Waals surface area contributed by atoms with Gasteiger partial charge < -0.3 is 14.5 Å². The Bertz CT molecular complexity index is 1090. The van der Waals surface area contributed by atoms with Crippen molar-refractivity contribution in [2.24, 2.45) is 0 Å². The molecule has 0 aliphatic rings. The van der Waals surface area contributed by atoms with Crippen LogP contribution in [0.25, 0.3) is 0 Å². The van der Waals surface area contributed by atoms with Crippen LogP contribution in [0.1, 0.15) is 57.9 Å². The van der Waals surface area contributed by atoms with Crippen molar-refractivity contribution in [2.45, 2.75) is 46.1 Å². The number of hydrogen-bond acceptors (Lipinski definition) is 5. The normalized spacial score (nSPS) is 11.7. The van der Waals surface area contributed by atoms with Gasteiger partial charge in [-0.05, 0) is 67.6 Å². The summed E-state index contributed by atoms with van der Waals surface area (Å²) < 4.78 is 10.6. The molecule has 0 aliphatic heterocycles. The molecule has 0 spiro atoms. The van der Waals surface area contributed by atoms with Gasteiger partial charge in [-0.1, -0.05) is 25.1 Å². The number of benzene rings is 1. The number of carbonyl (C=O) groups is 1. The van der Waals surface area contributed by atoms with Crippen molar-refractivity contribution >= 4 is 5.91 Å². The molecular formula is C25H28N2O4. The van der Waals surface area contributed by atoms with E-state index in [0.717, 1.165) is 29.0 Å². The molecule has 0 saturated carbocycles. The van der Waals surface area contributed by atoms with Gasteiger partial charge in [0.2, 0.25) is 0 Å². The molecule has 0 fully saturated rings. The monoisotopic (exact) mass is 420 g/mol. The summed E-state index contributed by atoms with van der Waals surface area (Å²) >= 11 is 0. The van der Waals surface area contributed by atoms with Gasteiger partial charge in [-0.2, -0.15) is 0 Å². The van der Waals surface area contributed by atoms with Crippen molar-refractivity contribution in [2.75, 3.05) is 7.11 Å². The van der Waals surface area contributed by atoms with Crippen molar-refractivity contribution in [3.05, 3.63) is 92.8 Å². The van der Waals surface area contributed by atoms with Gasteiger partial charge in [0.15, 0.2) is 0 Å². The van der Waals surface area contributed by atoms with E-state index in [1.54, 1.807) is 26.3 Å². The number of hydrogen-bond donors (Lipinski definition) is 1. The summed E-state index contributed by atoms with van der Waals surface area (Å²) in [5.74, 6) is 0.914. The van der Waals surface area contributed by atoms with E-state index in [0.29, 0.717) is 24.2 Å². The Morgan fingerprint density at radius 3 is 2.45 bits per heavy atom. The predicted octanol–water partition coefficient (Wildman–Crippen LogP) is 4.33. The molecule has 1 atom stereocenters. The van der Waals surface area contributed by atoms with E-state index in [1.165, 1.54) is 0 Å². The molecule has 0 bridgehead atoms. The third-order valence-corrected chi connectivity index (χ3v) is 5.25. The molecule has 1 aromatic carbocycles. The molecule has 0 saturated heterocycles. The van der Waals surface area contributed by atoms with Crippen LogP contribution in [0.2, 0.25) is 0 Å². The minimum atomic E-state index is -0.617. The lowest BCUT2D eigenvalue weighted by atomic mass is 10.0. The number of aryl methyl sites for hydroxylation is 4. The van der Waals surface area contributed by atoms with E-state index in [2.05, 4.69) is 10.3 Å². The van der Waals surface area contributed by atoms with Crippen LogP contribution in [0.3, 0.4) is 0 Å². The third kappa shape index (κ3) is 5.60. The molecule has 1 unspecified atom stereocenters. The third-order valence-electron chi connectivity index (χ3n) is 5.25. The van der Waals surface area contributed by atoms with Crippen LogP contribution in [0, 0.1) is 13.8 Å². The lowest BCUT2D eigenvalue weighted by Crippen LogP contribution is -2.33. The van der Waals surface area contributed by atoms with Crippen molar-refractivity contribution < 1.29 is 13.9 Å². The fourth-order valence-electron chi connectivity index (χ4n) is 3.43. The van der Waals surface area contributed by atoms with Crippen molar-refractivity contribution in [3.8, 4) is 5.75 Å². The molecule has 6 heteroatoms. The number of carbonyl (C=O) groups excluding carboxylic acids is 1. The maximum atomic E-state index is 12.8. The number of methoxy groups -OCH3 is 1. The summed E-state index contributed by atoms with van der Waals surface area (Å²) in [6, 6.07) is 13.1. The summed E-state index contributed by atoms with van der Waals surface area (Å²) in [6.07, 6.45) is 3.71. The lowest BCUT2D eigenvalue weighted by molar-refractivity contribution is 0.0929. The Labute approximate surface area is 182 Å². The van der Waals surface area contributed by atoms with Crippen molar-refractivity contribution in [1.82, 2.24) is 10.3 Å². The van der Waals surface area contributed by atoms with E-state index in [4.69, 9.17) is 9.15 Å². The van der Waals surface area contributed by atoms with E-state index in [-0.39, 0.29) is 11.6 Å². The van der Waals surface area contributed by atoms with Gasteiger partial charge >= 0.3 is 5.63 Å². The summed E-state index contributed by atoms with van der Waals surface area (Å²) in [7, 11) is 1.63. The van der Waals surface area contributed by atoms with Gasteiger partial charge in [-0.3, -0.25) is 9.78 Å². The van der Waals surface area contributed by atoms with Gasteiger partial charge in [-0.15, -0.1) is 0 Å². The molecule has 0 aliphatic carbocycles. The Kier molecular flexibility index (Phi) is 7.23. The smallest absolute Gasteiger partial charge is 0.349 e. The second kappa shape index (κ2) is 10.1. The standard InChI is InChI=1S/C25H28N2O4/c1-5-21(22-13-6-16(2)15-26-22)27-24(28)23-17(3)14-20(31-25(23)29)12-9-18-7-10-19(30-4)11-8-18/h6-8,10-11,13-15,21H,5,9,12H2,1-4H3,(H,27,28). The fraction of sp³-hybridized carbons (Fsp3) is 0.320. The van der Waals surface area contributed by atoms with E-state index in [1.807, 2.05) is 50.2 Å². The number of aromatic nitrogens is 1. The summed E-state index contributed by atoms with van der Waals surface area (Å²) in [6.45, 7) is 5.68. The minimum Gasteiger partial charge on any atom is -0.497 e. The first-order chi connectivity index (χ1) is 14.9. The second-order valence-electron chi connectivity index (χ2n) is 7.60. The number of ether oxygens (including phenoxy) is 1. The molecule has 162 valence electrons. The fourth-order valence-corrected chi connectivity index (χ4v) is 3.43. The zero-order chi connectivity index (χ0) is 22.4. The van der Waals surface area contributed by atoms with E-state index >= 15 is 0 Å². The topological polar surface area (TPSA) is 81.4 Å². The summed E-state index contributed by atoms with van der Waals surface area (Å²) in [5.41, 5.74) is 2.95. The molecule has 6 nitrogen and oxygen atoms in total. The number of amides is 1. The average molecular weight is 421 g/mol. The molecule has 3 rings (SSSR count). The van der Waals surface area contributed by atoms with Gasteiger partial charge in [0.25, 0.3) is 5.91 Å². The average Bonchev–Trinajstić information content (AvgIpc) is 2.76. The number of nitrogens with zero attached hydrogens (tertiary/aromatic N) is 1. The summed E-state index contributed by atoms with van der Waals surface area (Å²) in [5, 5.41) is 2.92. The zero-order valence-electron chi connectivity index (χ0n) is 18.4. The highest BCUT2D eigenvalue weighted by atomic mass is 16.5. The molecule has 3 aromatic rings. The van der Waals surface area contributed by atoms with Crippen LogP contribution >= 0.6 is 0 Å².